The Morgan fingerprint density at radius 1 is 1.12 bits per heavy atom. The zero-order valence-corrected chi connectivity index (χ0v) is 15.5. The van der Waals surface area contributed by atoms with Gasteiger partial charge in [-0.25, -0.2) is 9.97 Å². The van der Waals surface area contributed by atoms with E-state index in [0.29, 0.717) is 6.04 Å². The van der Waals surface area contributed by atoms with Crippen molar-refractivity contribution in [3.05, 3.63) is 42.2 Å². The fraction of sp³-hybridized carbons (Fsp3) is 0.444. The molecule has 8 heteroatoms. The first-order valence-corrected chi connectivity index (χ1v) is 9.25. The van der Waals surface area contributed by atoms with E-state index in [9.17, 15) is 13.2 Å². The third-order valence-electron chi connectivity index (χ3n) is 4.53. The molecule has 1 fully saturated rings. The maximum atomic E-state index is 12.9. The summed E-state index contributed by atoms with van der Waals surface area (Å²) in [6, 6.07) is 9.20. The van der Waals surface area contributed by atoms with Gasteiger partial charge in [-0.05, 0) is 56.9 Å². The summed E-state index contributed by atoms with van der Waals surface area (Å²) in [4.78, 5) is 13.1. The molecule has 26 heavy (non-hydrogen) atoms. The van der Waals surface area contributed by atoms with Crippen LogP contribution < -0.4 is 4.90 Å². The number of anilines is 1. The normalized spacial score (nSPS) is 16.3. The van der Waals surface area contributed by atoms with E-state index in [0.717, 1.165) is 48.8 Å². The molecule has 1 aliphatic heterocycles. The molecule has 0 atom stereocenters. The number of halogens is 3. The zero-order valence-electron chi connectivity index (χ0n) is 14.7. The lowest BCUT2D eigenvalue weighted by Gasteiger charge is -2.37. The van der Waals surface area contributed by atoms with Crippen molar-refractivity contribution in [3.63, 3.8) is 0 Å². The Balaban J connectivity index is 1.78. The Morgan fingerprint density at radius 2 is 1.81 bits per heavy atom. The molecule has 0 saturated carbocycles. The predicted octanol–water partition coefficient (Wildman–Crippen LogP) is 4.18. The van der Waals surface area contributed by atoms with Crippen molar-refractivity contribution in [2.24, 2.45) is 0 Å². The van der Waals surface area contributed by atoms with Crippen molar-refractivity contribution >= 4 is 17.4 Å². The van der Waals surface area contributed by atoms with E-state index in [1.165, 1.54) is 11.8 Å². The van der Waals surface area contributed by atoms with Gasteiger partial charge in [0.15, 0.2) is 5.16 Å². The van der Waals surface area contributed by atoms with Gasteiger partial charge in [0.1, 0.15) is 5.69 Å². The Labute approximate surface area is 155 Å². The minimum atomic E-state index is -4.47. The Kier molecular flexibility index (Phi) is 5.72. The van der Waals surface area contributed by atoms with Crippen LogP contribution in [0.3, 0.4) is 0 Å². The molecule has 1 saturated heterocycles. The van der Waals surface area contributed by atoms with E-state index in [2.05, 4.69) is 33.9 Å². The third-order valence-corrected chi connectivity index (χ3v) is 5.47. The topological polar surface area (TPSA) is 32.3 Å². The van der Waals surface area contributed by atoms with Crippen LogP contribution in [0.25, 0.3) is 0 Å². The molecule has 1 aromatic heterocycles. The highest BCUT2D eigenvalue weighted by atomic mass is 32.2. The van der Waals surface area contributed by atoms with Gasteiger partial charge in [-0.2, -0.15) is 13.2 Å². The van der Waals surface area contributed by atoms with Crippen LogP contribution in [-0.2, 0) is 6.18 Å². The number of piperidine rings is 1. The molecule has 0 radical (unpaired) electrons. The molecule has 2 aromatic rings. The number of para-hydroxylation sites is 1. The minimum Gasteiger partial charge on any atom is -0.371 e. The summed E-state index contributed by atoms with van der Waals surface area (Å²) in [6.45, 7) is 1.84. The number of benzene rings is 1. The summed E-state index contributed by atoms with van der Waals surface area (Å²) in [5.41, 5.74) is 0.106. The molecule has 0 aliphatic carbocycles. The smallest absolute Gasteiger partial charge is 0.371 e. The van der Waals surface area contributed by atoms with Crippen LogP contribution in [-0.4, -0.2) is 48.1 Å². The average Bonchev–Trinajstić information content (AvgIpc) is 2.62. The lowest BCUT2D eigenvalue weighted by molar-refractivity contribution is -0.141. The number of hydrogen-bond acceptors (Lipinski definition) is 5. The number of aromatic nitrogens is 2. The van der Waals surface area contributed by atoms with Crippen molar-refractivity contribution in [2.75, 3.05) is 32.1 Å². The fourth-order valence-corrected chi connectivity index (χ4v) is 3.98. The quantitative estimate of drug-likeness (QED) is 0.741. The SMILES string of the molecule is CN(C)C1CCN(c2ccccc2Sc2nccc(C(F)(F)F)n2)CC1. The Bertz CT molecular complexity index is 743. The van der Waals surface area contributed by atoms with Gasteiger partial charge in [0.25, 0.3) is 0 Å². The number of hydrogen-bond donors (Lipinski definition) is 0. The highest BCUT2D eigenvalue weighted by Crippen LogP contribution is 2.36. The second kappa shape index (κ2) is 7.84. The Morgan fingerprint density at radius 3 is 2.46 bits per heavy atom. The van der Waals surface area contributed by atoms with Gasteiger partial charge in [-0.15, -0.1) is 0 Å². The van der Waals surface area contributed by atoms with Gasteiger partial charge < -0.3 is 9.80 Å². The zero-order chi connectivity index (χ0) is 18.7. The van der Waals surface area contributed by atoms with E-state index >= 15 is 0 Å². The molecule has 140 valence electrons. The molecule has 1 aromatic carbocycles. The molecule has 0 unspecified atom stereocenters. The van der Waals surface area contributed by atoms with E-state index < -0.39 is 11.9 Å². The summed E-state index contributed by atoms with van der Waals surface area (Å²) < 4.78 is 38.6. The highest BCUT2D eigenvalue weighted by molar-refractivity contribution is 7.99. The van der Waals surface area contributed by atoms with Crippen LogP contribution in [0.1, 0.15) is 18.5 Å². The Hall–Kier alpha value is -1.80. The summed E-state index contributed by atoms with van der Waals surface area (Å²) in [6.07, 6.45) is -1.19. The summed E-state index contributed by atoms with van der Waals surface area (Å²) in [5, 5.41) is 0.107. The van der Waals surface area contributed by atoms with Crippen LogP contribution in [0.4, 0.5) is 18.9 Å². The van der Waals surface area contributed by atoms with Crippen molar-refractivity contribution < 1.29 is 13.2 Å². The fourth-order valence-electron chi connectivity index (χ4n) is 3.07. The number of nitrogens with zero attached hydrogens (tertiary/aromatic N) is 4. The van der Waals surface area contributed by atoms with Crippen molar-refractivity contribution in [1.29, 1.82) is 0 Å². The van der Waals surface area contributed by atoms with Gasteiger partial charge in [0.2, 0.25) is 0 Å². The first-order valence-electron chi connectivity index (χ1n) is 8.43. The molecule has 0 N–H and O–H groups in total. The van der Waals surface area contributed by atoms with E-state index in [4.69, 9.17) is 0 Å². The second-order valence-electron chi connectivity index (χ2n) is 6.47. The summed E-state index contributed by atoms with van der Waals surface area (Å²) in [5.74, 6) is 0. The van der Waals surface area contributed by atoms with Crippen LogP contribution in [0.15, 0.2) is 46.6 Å². The number of rotatable bonds is 4. The van der Waals surface area contributed by atoms with Gasteiger partial charge in [0.05, 0.1) is 5.69 Å². The van der Waals surface area contributed by atoms with Gasteiger partial charge in [-0.3, -0.25) is 0 Å². The van der Waals surface area contributed by atoms with E-state index in [-0.39, 0.29) is 5.16 Å². The first kappa shape index (κ1) is 19.0. The molecular formula is C18H21F3N4S. The summed E-state index contributed by atoms with van der Waals surface area (Å²) >= 11 is 1.17. The molecular weight excluding hydrogens is 361 g/mol. The van der Waals surface area contributed by atoms with E-state index in [1.807, 2.05) is 24.3 Å². The predicted molar refractivity (Wildman–Crippen MR) is 96.5 cm³/mol. The third kappa shape index (κ3) is 4.48. The maximum Gasteiger partial charge on any atom is 0.433 e. The van der Waals surface area contributed by atoms with Gasteiger partial charge >= 0.3 is 6.18 Å². The van der Waals surface area contributed by atoms with Crippen molar-refractivity contribution in [1.82, 2.24) is 14.9 Å². The van der Waals surface area contributed by atoms with Crippen LogP contribution >= 0.6 is 11.8 Å². The average molecular weight is 382 g/mol. The molecule has 0 bridgehead atoms. The molecule has 1 aliphatic rings. The highest BCUT2D eigenvalue weighted by Gasteiger charge is 2.33. The lowest BCUT2D eigenvalue weighted by atomic mass is 10.0. The summed E-state index contributed by atoms with van der Waals surface area (Å²) in [7, 11) is 4.18. The van der Waals surface area contributed by atoms with Crippen LogP contribution in [0.2, 0.25) is 0 Å². The van der Waals surface area contributed by atoms with Crippen LogP contribution in [0.5, 0.6) is 0 Å². The van der Waals surface area contributed by atoms with Crippen LogP contribution in [0, 0.1) is 0 Å². The van der Waals surface area contributed by atoms with Gasteiger partial charge in [0, 0.05) is 30.2 Å². The molecule has 3 rings (SSSR count). The van der Waals surface area contributed by atoms with Crippen molar-refractivity contribution in [3.8, 4) is 0 Å². The first-order chi connectivity index (χ1) is 12.3. The lowest BCUT2D eigenvalue weighted by Crippen LogP contribution is -2.42. The minimum absolute atomic E-state index is 0.107. The maximum absolute atomic E-state index is 12.9. The monoisotopic (exact) mass is 382 g/mol. The largest absolute Gasteiger partial charge is 0.433 e. The number of alkyl halides is 3. The van der Waals surface area contributed by atoms with Gasteiger partial charge in [-0.1, -0.05) is 12.1 Å². The second-order valence-corrected chi connectivity index (χ2v) is 7.48. The standard InChI is InChI=1S/C18H21F3N4S/c1-24(2)13-8-11-25(12-9-13)14-5-3-4-6-15(14)26-17-22-10-7-16(23-17)18(19,20)21/h3-7,10,13H,8-9,11-12H2,1-2H3. The molecule has 0 spiro atoms. The van der Waals surface area contributed by atoms with E-state index in [1.54, 1.807) is 0 Å². The molecule has 2 heterocycles. The van der Waals surface area contributed by atoms with Crippen molar-refractivity contribution in [2.45, 2.75) is 35.1 Å². The molecule has 4 nitrogen and oxygen atoms in total. The molecule has 0 amide bonds.